The number of nitrogens with zero attached hydrogens (tertiary/aromatic N) is 1. The lowest BCUT2D eigenvalue weighted by atomic mass is 9.81. The van der Waals surface area contributed by atoms with Crippen LogP contribution in [0.1, 0.15) is 96.5 Å². The molecule has 2 aromatic carbocycles. The van der Waals surface area contributed by atoms with Gasteiger partial charge < -0.3 is 13.8 Å². The van der Waals surface area contributed by atoms with E-state index in [1.54, 1.807) is 18.3 Å². The molecular formula is C30H40Cl2N2O4S. The highest BCUT2D eigenvalue weighted by molar-refractivity contribution is 7.94. The number of hydrogen-bond donors (Lipinski definition) is 1. The molecule has 0 saturated carbocycles. The largest absolute Gasteiger partial charge is 0.494 e. The van der Waals surface area contributed by atoms with Gasteiger partial charge in [-0.15, -0.1) is 0 Å². The molecule has 2 aromatic rings. The Hall–Kier alpha value is -2.09. The second kappa shape index (κ2) is 16.9. The minimum Gasteiger partial charge on any atom is -0.494 e. The van der Waals surface area contributed by atoms with Crippen LogP contribution in [0.3, 0.4) is 0 Å². The van der Waals surface area contributed by atoms with Gasteiger partial charge in [0.15, 0.2) is 0 Å². The molecule has 1 amide bonds. The van der Waals surface area contributed by atoms with E-state index in [2.05, 4.69) is 30.4 Å². The molecule has 0 unspecified atom stereocenters. The first-order valence-corrected chi connectivity index (χ1v) is 15.5. The van der Waals surface area contributed by atoms with Crippen LogP contribution in [0.2, 0.25) is 10.0 Å². The van der Waals surface area contributed by atoms with Gasteiger partial charge in [0.1, 0.15) is 23.4 Å². The zero-order valence-corrected chi connectivity index (χ0v) is 25.3. The van der Waals surface area contributed by atoms with Gasteiger partial charge >= 0.3 is 6.09 Å². The monoisotopic (exact) mass is 594 g/mol. The number of rotatable bonds is 18. The highest BCUT2D eigenvalue weighted by Gasteiger charge is 2.41. The molecule has 1 N–H and O–H groups in total. The second-order valence-corrected chi connectivity index (χ2v) is 11.5. The summed E-state index contributed by atoms with van der Waals surface area (Å²) in [5.74, 6) is 0.781. The molecule has 6 nitrogen and oxygen atoms in total. The van der Waals surface area contributed by atoms with Crippen molar-refractivity contribution in [1.29, 1.82) is 0 Å². The molecular weight excluding hydrogens is 555 g/mol. The van der Waals surface area contributed by atoms with Gasteiger partial charge in [-0.05, 0) is 74.9 Å². The molecule has 0 aromatic heterocycles. The number of halogens is 2. The lowest BCUT2D eigenvalue weighted by Gasteiger charge is -2.39. The van der Waals surface area contributed by atoms with E-state index in [4.69, 9.17) is 37.0 Å². The number of ether oxygens (including phenoxy) is 2. The summed E-state index contributed by atoms with van der Waals surface area (Å²) in [6.07, 6.45) is 13.6. The summed E-state index contributed by atoms with van der Waals surface area (Å²) in [6, 6.07) is 11.2. The number of benzene rings is 2. The van der Waals surface area contributed by atoms with E-state index in [9.17, 15) is 4.79 Å². The molecule has 3 rings (SSSR count). The Labute approximate surface area is 247 Å². The third-order valence-electron chi connectivity index (χ3n) is 6.76. The number of nitrogens with one attached hydrogen (secondary N) is 1. The maximum atomic E-state index is 12.5. The molecule has 214 valence electrons. The summed E-state index contributed by atoms with van der Waals surface area (Å²) in [6.45, 7) is 4.96. The van der Waals surface area contributed by atoms with Crippen molar-refractivity contribution in [2.45, 2.75) is 101 Å². The van der Waals surface area contributed by atoms with E-state index in [1.165, 1.54) is 25.7 Å². The molecule has 39 heavy (non-hydrogen) atoms. The van der Waals surface area contributed by atoms with Gasteiger partial charge in [-0.1, -0.05) is 80.7 Å². The number of hydrogen-bond acceptors (Lipinski definition) is 6. The van der Waals surface area contributed by atoms with E-state index < -0.39 is 5.60 Å². The van der Waals surface area contributed by atoms with Crippen molar-refractivity contribution in [2.24, 2.45) is 5.16 Å². The number of carbonyl (C=O) groups is 1. The van der Waals surface area contributed by atoms with Crippen molar-refractivity contribution in [3.63, 3.8) is 0 Å². The van der Waals surface area contributed by atoms with Gasteiger partial charge in [0.25, 0.3) is 0 Å². The van der Waals surface area contributed by atoms with Crippen molar-refractivity contribution in [3.8, 4) is 5.75 Å². The van der Waals surface area contributed by atoms with Gasteiger partial charge in [-0.25, -0.2) is 4.79 Å². The SMILES string of the molecule is CCCCCCC1(CCCCCC)OC(=O)Nc2ccc(OCCCC=NOSc3ccc(Cl)c(Cl)c3)cc21. The minimum absolute atomic E-state index is 0.360. The molecule has 1 aliphatic rings. The second-order valence-electron chi connectivity index (χ2n) is 9.85. The Bertz CT molecular complexity index is 1070. The fraction of sp³-hybridized carbons (Fsp3) is 0.533. The van der Waals surface area contributed by atoms with Crippen LogP contribution in [0.4, 0.5) is 10.5 Å². The number of unbranched alkanes of at least 4 members (excludes halogenated alkanes) is 7. The smallest absolute Gasteiger partial charge is 0.412 e. The summed E-state index contributed by atoms with van der Waals surface area (Å²) in [7, 11) is 0. The predicted molar refractivity (Wildman–Crippen MR) is 162 cm³/mol. The highest BCUT2D eigenvalue weighted by atomic mass is 35.5. The van der Waals surface area contributed by atoms with Gasteiger partial charge in [0.05, 0.1) is 27.2 Å². The third kappa shape index (κ3) is 10.1. The van der Waals surface area contributed by atoms with Gasteiger partial charge in [0.2, 0.25) is 0 Å². The van der Waals surface area contributed by atoms with E-state index >= 15 is 0 Å². The Kier molecular flexibility index (Phi) is 13.6. The van der Waals surface area contributed by atoms with Gasteiger partial charge in [0, 0.05) is 11.8 Å². The van der Waals surface area contributed by atoms with Crippen LogP contribution in [-0.2, 0) is 14.6 Å². The number of carbonyl (C=O) groups excluding carboxylic acids is 1. The highest BCUT2D eigenvalue weighted by Crippen LogP contribution is 2.45. The maximum absolute atomic E-state index is 12.5. The Balaban J connectivity index is 1.54. The quantitative estimate of drug-likeness (QED) is 0.0804. The lowest BCUT2D eigenvalue weighted by Crippen LogP contribution is -2.39. The van der Waals surface area contributed by atoms with Crippen LogP contribution >= 0.6 is 35.2 Å². The minimum atomic E-state index is -0.603. The number of cyclic esters (lactones) is 1. The molecule has 0 radical (unpaired) electrons. The van der Waals surface area contributed by atoms with E-state index in [0.717, 1.165) is 78.9 Å². The first-order valence-electron chi connectivity index (χ1n) is 14.1. The zero-order chi connectivity index (χ0) is 27.9. The summed E-state index contributed by atoms with van der Waals surface area (Å²) >= 11 is 13.1. The first kappa shape index (κ1) is 31.4. The zero-order valence-electron chi connectivity index (χ0n) is 23.0. The normalized spacial score (nSPS) is 14.1. The van der Waals surface area contributed by atoms with Crippen molar-refractivity contribution in [3.05, 3.63) is 52.0 Å². The molecule has 0 bridgehead atoms. The standard InChI is InChI=1S/C30H40Cl2N2O4S/c1-3-5-7-9-17-30(18-10-8-6-4-2)25-21-23(13-16-28(25)34-29(35)37-30)36-20-12-11-19-33-38-39-24-14-15-26(31)27(32)22-24/h13-16,19,21-22H,3-12,17-18,20H2,1-2H3,(H,34,35). The molecule has 0 aliphatic carbocycles. The van der Waals surface area contributed by atoms with Crippen LogP contribution in [0, 0.1) is 0 Å². The predicted octanol–water partition coefficient (Wildman–Crippen LogP) is 10.6. The number of anilines is 1. The Morgan fingerprint density at radius 1 is 0.949 bits per heavy atom. The van der Waals surface area contributed by atoms with Gasteiger partial charge in [-0.2, -0.15) is 0 Å². The number of oxime groups is 1. The van der Waals surface area contributed by atoms with Crippen LogP contribution in [0.5, 0.6) is 5.75 Å². The topological polar surface area (TPSA) is 69.2 Å². The summed E-state index contributed by atoms with van der Waals surface area (Å²) in [4.78, 5) is 13.4. The van der Waals surface area contributed by atoms with Crippen LogP contribution in [0.25, 0.3) is 0 Å². The summed E-state index contributed by atoms with van der Waals surface area (Å²) < 4.78 is 17.4. The molecule has 9 heteroatoms. The van der Waals surface area contributed by atoms with Crippen LogP contribution in [-0.4, -0.2) is 18.9 Å². The molecule has 0 spiro atoms. The first-order chi connectivity index (χ1) is 19.0. The van der Waals surface area contributed by atoms with Crippen molar-refractivity contribution in [2.75, 3.05) is 11.9 Å². The maximum Gasteiger partial charge on any atom is 0.412 e. The summed E-state index contributed by atoms with van der Waals surface area (Å²) in [5, 5.41) is 7.86. The van der Waals surface area contributed by atoms with Crippen molar-refractivity contribution < 1.29 is 18.6 Å². The Morgan fingerprint density at radius 3 is 2.38 bits per heavy atom. The van der Waals surface area contributed by atoms with Crippen molar-refractivity contribution >= 4 is 53.2 Å². The van der Waals surface area contributed by atoms with Crippen molar-refractivity contribution in [1.82, 2.24) is 0 Å². The average Bonchev–Trinajstić information content (AvgIpc) is 2.93. The molecule has 0 fully saturated rings. The lowest BCUT2D eigenvalue weighted by molar-refractivity contribution is -0.00703. The molecule has 1 heterocycles. The third-order valence-corrected chi connectivity index (χ3v) is 8.11. The van der Waals surface area contributed by atoms with E-state index in [0.29, 0.717) is 23.1 Å². The Morgan fingerprint density at radius 2 is 1.69 bits per heavy atom. The molecule has 0 saturated heterocycles. The van der Waals surface area contributed by atoms with Gasteiger partial charge in [-0.3, -0.25) is 5.32 Å². The van der Waals surface area contributed by atoms with E-state index in [1.807, 2.05) is 18.2 Å². The van der Waals surface area contributed by atoms with Crippen LogP contribution in [0.15, 0.2) is 46.4 Å². The fourth-order valence-electron chi connectivity index (χ4n) is 4.68. The van der Waals surface area contributed by atoms with Crippen LogP contribution < -0.4 is 10.1 Å². The fourth-order valence-corrected chi connectivity index (χ4v) is 5.52. The number of fused-ring (bicyclic) bond motifs is 1. The molecule has 0 atom stereocenters. The summed E-state index contributed by atoms with van der Waals surface area (Å²) in [5.41, 5.74) is 1.25. The van der Waals surface area contributed by atoms with E-state index in [-0.39, 0.29) is 6.09 Å². The average molecular weight is 596 g/mol. The molecule has 1 aliphatic heterocycles. The number of amides is 1.